The van der Waals surface area contributed by atoms with Crippen molar-refractivity contribution < 1.29 is 0 Å². The van der Waals surface area contributed by atoms with Gasteiger partial charge in [0.15, 0.2) is 0 Å². The zero-order chi connectivity index (χ0) is 10.7. The number of tetrazole rings is 1. The van der Waals surface area contributed by atoms with E-state index >= 15 is 0 Å². The van der Waals surface area contributed by atoms with E-state index < -0.39 is 0 Å². The van der Waals surface area contributed by atoms with Crippen molar-refractivity contribution in [3.8, 4) is 11.4 Å². The molecule has 2 heterocycles. The third-order valence-corrected chi connectivity index (χ3v) is 1.96. The fraction of sp³-hybridized carbons (Fsp3) is 0.333. The summed E-state index contributed by atoms with van der Waals surface area (Å²) in [6, 6.07) is 3.63. The minimum absolute atomic E-state index is 0.425. The van der Waals surface area contributed by atoms with E-state index in [2.05, 4.69) is 27.3 Å². The average molecular weight is 204 g/mol. The molecule has 0 aliphatic heterocycles. The Labute approximate surface area is 87.1 Å². The highest BCUT2D eigenvalue weighted by Crippen LogP contribution is 2.18. The van der Waals surface area contributed by atoms with Crippen LogP contribution in [-0.2, 0) is 6.54 Å². The molecule has 2 N–H and O–H groups in total. The van der Waals surface area contributed by atoms with Crippen LogP contribution in [0.3, 0.4) is 0 Å². The number of aryl methyl sites for hydroxylation is 1. The van der Waals surface area contributed by atoms with Gasteiger partial charge in [-0.15, -0.1) is 10.2 Å². The van der Waals surface area contributed by atoms with E-state index in [9.17, 15) is 0 Å². The fourth-order valence-corrected chi connectivity index (χ4v) is 1.25. The lowest BCUT2D eigenvalue weighted by molar-refractivity contribution is 0.515. The minimum Gasteiger partial charge on any atom is -0.383 e. The maximum atomic E-state index is 5.71. The van der Waals surface area contributed by atoms with Gasteiger partial charge >= 0.3 is 0 Å². The molecule has 0 spiro atoms. The highest BCUT2D eigenvalue weighted by atomic mass is 15.6. The molecule has 0 unspecified atom stereocenters. The van der Waals surface area contributed by atoms with Crippen LogP contribution in [0.4, 0.5) is 5.82 Å². The number of aromatic nitrogens is 5. The topological polar surface area (TPSA) is 82.5 Å². The van der Waals surface area contributed by atoms with Crippen LogP contribution in [0.2, 0.25) is 0 Å². The maximum absolute atomic E-state index is 5.71. The third-order valence-electron chi connectivity index (χ3n) is 1.96. The zero-order valence-corrected chi connectivity index (χ0v) is 8.46. The van der Waals surface area contributed by atoms with Gasteiger partial charge in [0, 0.05) is 6.20 Å². The van der Waals surface area contributed by atoms with Gasteiger partial charge in [0.1, 0.15) is 5.82 Å². The summed E-state index contributed by atoms with van der Waals surface area (Å²) in [6.45, 7) is 2.81. The normalized spacial score (nSPS) is 10.5. The molecule has 2 rings (SSSR count). The molecule has 0 aliphatic carbocycles. The van der Waals surface area contributed by atoms with Crippen molar-refractivity contribution in [1.82, 2.24) is 25.2 Å². The Morgan fingerprint density at radius 3 is 3.07 bits per heavy atom. The van der Waals surface area contributed by atoms with Crippen molar-refractivity contribution >= 4 is 5.82 Å². The molecule has 0 bridgehead atoms. The summed E-state index contributed by atoms with van der Waals surface area (Å²) in [5.74, 6) is 0.947. The van der Waals surface area contributed by atoms with Gasteiger partial charge in [0.2, 0.25) is 5.82 Å². The predicted molar refractivity (Wildman–Crippen MR) is 55.8 cm³/mol. The van der Waals surface area contributed by atoms with Crippen LogP contribution in [0.1, 0.15) is 13.3 Å². The van der Waals surface area contributed by atoms with Crippen molar-refractivity contribution in [2.45, 2.75) is 19.9 Å². The van der Waals surface area contributed by atoms with Crippen LogP contribution >= 0.6 is 0 Å². The monoisotopic (exact) mass is 204 g/mol. The van der Waals surface area contributed by atoms with Gasteiger partial charge in [-0.2, -0.15) is 4.80 Å². The Morgan fingerprint density at radius 2 is 2.33 bits per heavy atom. The molecular weight excluding hydrogens is 192 g/mol. The molecular formula is C9H12N6. The van der Waals surface area contributed by atoms with Crippen molar-refractivity contribution in [3.63, 3.8) is 0 Å². The number of nitrogens with two attached hydrogens (primary N) is 1. The molecule has 15 heavy (non-hydrogen) atoms. The molecule has 78 valence electrons. The van der Waals surface area contributed by atoms with Crippen LogP contribution in [0, 0.1) is 0 Å². The molecule has 2 aromatic heterocycles. The summed E-state index contributed by atoms with van der Waals surface area (Å²) in [5.41, 5.74) is 6.43. The van der Waals surface area contributed by atoms with Crippen molar-refractivity contribution in [1.29, 1.82) is 0 Å². The lowest BCUT2D eigenvalue weighted by Crippen LogP contribution is -2.01. The average Bonchev–Trinajstić information content (AvgIpc) is 2.68. The Balaban J connectivity index is 2.33. The number of pyridine rings is 1. The summed E-state index contributed by atoms with van der Waals surface area (Å²) >= 11 is 0. The van der Waals surface area contributed by atoms with Crippen molar-refractivity contribution in [2.24, 2.45) is 0 Å². The first-order chi connectivity index (χ1) is 7.31. The van der Waals surface area contributed by atoms with E-state index in [1.807, 2.05) is 6.07 Å². The van der Waals surface area contributed by atoms with Crippen LogP contribution in [-0.4, -0.2) is 25.2 Å². The zero-order valence-electron chi connectivity index (χ0n) is 8.46. The van der Waals surface area contributed by atoms with E-state index in [0.29, 0.717) is 11.6 Å². The number of nitrogen functional groups attached to an aromatic ring is 1. The molecule has 0 aliphatic rings. The van der Waals surface area contributed by atoms with Crippen molar-refractivity contribution in [2.75, 3.05) is 5.73 Å². The minimum atomic E-state index is 0.425. The molecule has 0 saturated carbocycles. The van der Waals surface area contributed by atoms with Crippen LogP contribution in [0.25, 0.3) is 11.4 Å². The van der Waals surface area contributed by atoms with Crippen LogP contribution in [0.15, 0.2) is 18.3 Å². The van der Waals surface area contributed by atoms with Gasteiger partial charge in [-0.3, -0.25) is 0 Å². The van der Waals surface area contributed by atoms with Gasteiger partial charge in [0.25, 0.3) is 0 Å². The molecule has 0 atom stereocenters. The first-order valence-electron chi connectivity index (χ1n) is 4.80. The molecule has 0 amide bonds. The summed E-state index contributed by atoms with van der Waals surface area (Å²) in [6.07, 6.45) is 2.60. The Kier molecular flexibility index (Phi) is 2.57. The third kappa shape index (κ3) is 1.93. The molecule has 0 aromatic carbocycles. The second-order valence-electron chi connectivity index (χ2n) is 3.15. The van der Waals surface area contributed by atoms with Gasteiger partial charge in [-0.05, 0) is 23.8 Å². The fourth-order valence-electron chi connectivity index (χ4n) is 1.25. The molecule has 2 aromatic rings. The number of rotatable bonds is 3. The van der Waals surface area contributed by atoms with Gasteiger partial charge in [-0.25, -0.2) is 4.98 Å². The number of hydrogen-bond acceptors (Lipinski definition) is 5. The smallest absolute Gasteiger partial charge is 0.208 e. The van der Waals surface area contributed by atoms with E-state index in [0.717, 1.165) is 18.5 Å². The van der Waals surface area contributed by atoms with Crippen LogP contribution in [0.5, 0.6) is 0 Å². The van der Waals surface area contributed by atoms with E-state index in [1.54, 1.807) is 17.1 Å². The Morgan fingerprint density at radius 1 is 1.47 bits per heavy atom. The summed E-state index contributed by atoms with van der Waals surface area (Å²) in [4.78, 5) is 5.53. The summed E-state index contributed by atoms with van der Waals surface area (Å²) < 4.78 is 0. The largest absolute Gasteiger partial charge is 0.383 e. The number of nitrogens with zero attached hydrogens (tertiary/aromatic N) is 5. The first kappa shape index (κ1) is 9.57. The number of anilines is 1. The molecule has 6 heteroatoms. The van der Waals surface area contributed by atoms with E-state index in [-0.39, 0.29) is 0 Å². The van der Waals surface area contributed by atoms with Gasteiger partial charge < -0.3 is 5.73 Å². The second kappa shape index (κ2) is 4.04. The predicted octanol–water partition coefficient (Wildman–Crippen LogP) is 0.727. The SMILES string of the molecule is CCCn1nnc(-c2cccnc2N)n1. The quantitative estimate of drug-likeness (QED) is 0.796. The maximum Gasteiger partial charge on any atom is 0.208 e. The van der Waals surface area contributed by atoms with E-state index in [4.69, 9.17) is 5.73 Å². The lowest BCUT2D eigenvalue weighted by Gasteiger charge is -1.97. The second-order valence-corrected chi connectivity index (χ2v) is 3.15. The summed E-state index contributed by atoms with van der Waals surface area (Å²) in [5, 5.41) is 12.0. The van der Waals surface area contributed by atoms with Crippen LogP contribution < -0.4 is 5.73 Å². The summed E-state index contributed by atoms with van der Waals surface area (Å²) in [7, 11) is 0. The Hall–Kier alpha value is -1.98. The highest BCUT2D eigenvalue weighted by molar-refractivity contribution is 5.66. The van der Waals surface area contributed by atoms with Gasteiger partial charge in [-0.1, -0.05) is 6.92 Å². The standard InChI is InChI=1S/C9H12N6/c1-2-6-15-13-9(12-14-15)7-4-3-5-11-8(7)10/h3-5H,2,6H2,1H3,(H2,10,11). The lowest BCUT2D eigenvalue weighted by atomic mass is 10.2. The Bertz CT molecular complexity index is 449. The van der Waals surface area contributed by atoms with E-state index in [1.165, 1.54) is 0 Å². The molecule has 0 radical (unpaired) electrons. The number of hydrogen-bond donors (Lipinski definition) is 1. The van der Waals surface area contributed by atoms with Crippen molar-refractivity contribution in [3.05, 3.63) is 18.3 Å². The molecule has 0 fully saturated rings. The first-order valence-corrected chi connectivity index (χ1v) is 4.80. The molecule has 6 nitrogen and oxygen atoms in total. The van der Waals surface area contributed by atoms with Gasteiger partial charge in [0.05, 0.1) is 12.1 Å². The molecule has 0 saturated heterocycles. The highest BCUT2D eigenvalue weighted by Gasteiger charge is 2.08.